The number of allylic oxidation sites excluding steroid dienone is 9. The Labute approximate surface area is 96.6 Å². The maximum absolute atomic E-state index is 12.1. The summed E-state index contributed by atoms with van der Waals surface area (Å²) >= 11 is 0. The van der Waals surface area contributed by atoms with Crippen molar-refractivity contribution in [1.82, 2.24) is 0 Å². The van der Waals surface area contributed by atoms with Crippen LogP contribution in [0.2, 0.25) is 0 Å². The summed E-state index contributed by atoms with van der Waals surface area (Å²) in [5.41, 5.74) is 1.30. The lowest BCUT2D eigenvalue weighted by atomic mass is 10.0. The summed E-state index contributed by atoms with van der Waals surface area (Å²) in [7, 11) is 0. The zero-order valence-corrected chi connectivity index (χ0v) is 9.36. The molecule has 0 fully saturated rings. The average molecular weight is 210 g/mol. The second kappa shape index (κ2) is 6.42. The molecule has 0 aliphatic heterocycles. The van der Waals surface area contributed by atoms with Gasteiger partial charge in [0, 0.05) is 17.6 Å². The maximum atomic E-state index is 12.1. The quantitative estimate of drug-likeness (QED) is 0.396. The molecule has 0 N–H and O–H groups in total. The van der Waals surface area contributed by atoms with Crippen molar-refractivity contribution in [3.8, 4) is 11.8 Å². The van der Waals surface area contributed by atoms with Gasteiger partial charge in [-0.15, -0.1) is 0 Å². The Morgan fingerprint density at radius 1 is 1.56 bits per heavy atom. The summed E-state index contributed by atoms with van der Waals surface area (Å²) < 4.78 is 0. The first-order valence-electron chi connectivity index (χ1n) is 5.14. The second-order valence-electron chi connectivity index (χ2n) is 3.20. The lowest BCUT2D eigenvalue weighted by Gasteiger charge is -2.01. The summed E-state index contributed by atoms with van der Waals surface area (Å²) in [5, 5.41) is 0. The number of rotatable bonds is 4. The van der Waals surface area contributed by atoms with Crippen LogP contribution >= 0.6 is 0 Å². The highest BCUT2D eigenvalue weighted by Gasteiger charge is 2.09. The molecule has 0 aromatic carbocycles. The molecule has 1 rings (SSSR count). The van der Waals surface area contributed by atoms with E-state index in [1.807, 2.05) is 19.1 Å². The minimum atomic E-state index is -0.000231. The number of Topliss-reactive ketones (excluding diaryl/α,β-unsaturated/α-hetero) is 1. The van der Waals surface area contributed by atoms with Crippen LogP contribution in [0.25, 0.3) is 0 Å². The van der Waals surface area contributed by atoms with Gasteiger partial charge in [-0.3, -0.25) is 4.79 Å². The van der Waals surface area contributed by atoms with Gasteiger partial charge in [0.15, 0.2) is 5.78 Å². The van der Waals surface area contributed by atoms with Crippen molar-refractivity contribution in [3.63, 3.8) is 0 Å². The Hall–Kier alpha value is -2.07. The highest BCUT2D eigenvalue weighted by molar-refractivity contribution is 6.12. The van der Waals surface area contributed by atoms with Crippen molar-refractivity contribution in [3.05, 3.63) is 60.3 Å². The second-order valence-corrected chi connectivity index (χ2v) is 3.20. The van der Waals surface area contributed by atoms with Crippen LogP contribution in [0.15, 0.2) is 60.3 Å². The molecular formula is C15H14O. The first-order chi connectivity index (χ1) is 7.79. The van der Waals surface area contributed by atoms with E-state index in [1.165, 1.54) is 0 Å². The van der Waals surface area contributed by atoms with Crippen LogP contribution in [-0.4, -0.2) is 5.78 Å². The van der Waals surface area contributed by atoms with Gasteiger partial charge in [-0.25, -0.2) is 0 Å². The Morgan fingerprint density at radius 3 is 3.06 bits per heavy atom. The molecule has 1 nitrogen and oxygen atoms in total. The van der Waals surface area contributed by atoms with E-state index in [2.05, 4.69) is 18.4 Å². The minimum Gasteiger partial charge on any atom is -0.289 e. The van der Waals surface area contributed by atoms with E-state index >= 15 is 0 Å². The summed E-state index contributed by atoms with van der Waals surface area (Å²) in [5.74, 6) is 5.75. The standard InChI is InChI=1S/C15H14O/c1-3-9-13(10-4-2)15(16)14-11-7-5-6-8-12-14/h3-4,7,9-12H,1,8H2,2H3/b10-4-,13-9+. The Morgan fingerprint density at radius 2 is 2.38 bits per heavy atom. The fourth-order valence-electron chi connectivity index (χ4n) is 1.33. The fourth-order valence-corrected chi connectivity index (χ4v) is 1.33. The molecular weight excluding hydrogens is 196 g/mol. The van der Waals surface area contributed by atoms with Gasteiger partial charge >= 0.3 is 0 Å². The molecule has 0 bridgehead atoms. The van der Waals surface area contributed by atoms with Crippen molar-refractivity contribution in [2.75, 3.05) is 0 Å². The van der Waals surface area contributed by atoms with Gasteiger partial charge in [-0.05, 0) is 19.1 Å². The molecule has 16 heavy (non-hydrogen) atoms. The predicted octanol–water partition coefficient (Wildman–Crippen LogP) is 3.13. The Balaban J connectivity index is 2.96. The Bertz CT molecular complexity index is 459. The molecule has 0 aromatic rings. The third-order valence-corrected chi connectivity index (χ3v) is 2.04. The summed E-state index contributed by atoms with van der Waals surface area (Å²) in [6, 6.07) is 0. The molecule has 0 radical (unpaired) electrons. The van der Waals surface area contributed by atoms with Gasteiger partial charge in [0.1, 0.15) is 0 Å². The van der Waals surface area contributed by atoms with Crippen molar-refractivity contribution in [2.45, 2.75) is 13.3 Å². The van der Waals surface area contributed by atoms with E-state index in [0.29, 0.717) is 17.6 Å². The third kappa shape index (κ3) is 3.25. The number of carbonyl (C=O) groups is 1. The third-order valence-electron chi connectivity index (χ3n) is 2.04. The SMILES string of the molecule is C=C/C=C(\C=C/C)C(=O)C1=CCC#CC=C1. The Kier molecular flexibility index (Phi) is 4.82. The van der Waals surface area contributed by atoms with E-state index < -0.39 is 0 Å². The molecule has 0 saturated heterocycles. The molecule has 0 saturated carbocycles. The average Bonchev–Trinajstić information content (AvgIpc) is 2.56. The first kappa shape index (κ1) is 12.0. The first-order valence-corrected chi connectivity index (χ1v) is 5.14. The monoisotopic (exact) mass is 210 g/mol. The van der Waals surface area contributed by atoms with Gasteiger partial charge in [-0.2, -0.15) is 0 Å². The van der Waals surface area contributed by atoms with Crippen molar-refractivity contribution in [2.24, 2.45) is 0 Å². The van der Waals surface area contributed by atoms with Gasteiger partial charge in [0.05, 0.1) is 0 Å². The molecule has 80 valence electrons. The van der Waals surface area contributed by atoms with Crippen LogP contribution in [0.1, 0.15) is 13.3 Å². The van der Waals surface area contributed by atoms with Crippen molar-refractivity contribution >= 4 is 5.78 Å². The zero-order chi connectivity index (χ0) is 11.8. The normalized spacial score (nSPS) is 15.1. The zero-order valence-electron chi connectivity index (χ0n) is 9.36. The fraction of sp³-hybridized carbons (Fsp3) is 0.133. The topological polar surface area (TPSA) is 17.1 Å². The maximum Gasteiger partial charge on any atom is 0.192 e. The molecule has 1 aliphatic carbocycles. The van der Waals surface area contributed by atoms with E-state index in [1.54, 1.807) is 30.4 Å². The van der Waals surface area contributed by atoms with E-state index in [-0.39, 0.29) is 5.78 Å². The van der Waals surface area contributed by atoms with E-state index in [4.69, 9.17) is 0 Å². The number of hydrogen-bond acceptors (Lipinski definition) is 1. The number of carbonyl (C=O) groups excluding carboxylic acids is 1. The number of ketones is 1. The largest absolute Gasteiger partial charge is 0.289 e. The highest BCUT2D eigenvalue weighted by Crippen LogP contribution is 2.11. The molecule has 1 aliphatic rings. The van der Waals surface area contributed by atoms with Crippen LogP contribution in [0.5, 0.6) is 0 Å². The summed E-state index contributed by atoms with van der Waals surface area (Å²) in [6.45, 7) is 5.48. The molecule has 0 unspecified atom stereocenters. The number of hydrogen-bond donors (Lipinski definition) is 0. The van der Waals surface area contributed by atoms with Crippen molar-refractivity contribution < 1.29 is 4.79 Å². The van der Waals surface area contributed by atoms with Crippen molar-refractivity contribution in [1.29, 1.82) is 0 Å². The predicted molar refractivity (Wildman–Crippen MR) is 67.7 cm³/mol. The molecule has 1 heteroatoms. The van der Waals surface area contributed by atoms with Crippen LogP contribution in [-0.2, 0) is 4.79 Å². The van der Waals surface area contributed by atoms with Gasteiger partial charge < -0.3 is 0 Å². The molecule has 0 spiro atoms. The molecule has 0 atom stereocenters. The molecule has 0 amide bonds. The molecule has 0 heterocycles. The lowest BCUT2D eigenvalue weighted by Crippen LogP contribution is -2.03. The van der Waals surface area contributed by atoms with Gasteiger partial charge in [0.25, 0.3) is 0 Å². The summed E-state index contributed by atoms with van der Waals surface area (Å²) in [4.78, 5) is 12.1. The molecule has 0 aromatic heterocycles. The van der Waals surface area contributed by atoms with E-state index in [9.17, 15) is 4.79 Å². The highest BCUT2D eigenvalue weighted by atomic mass is 16.1. The van der Waals surface area contributed by atoms with Crippen LogP contribution in [0, 0.1) is 11.8 Å². The van der Waals surface area contributed by atoms with E-state index in [0.717, 1.165) is 0 Å². The van der Waals surface area contributed by atoms with Crippen LogP contribution < -0.4 is 0 Å². The van der Waals surface area contributed by atoms with Gasteiger partial charge in [0.2, 0.25) is 0 Å². The van der Waals surface area contributed by atoms with Gasteiger partial charge in [-0.1, -0.05) is 48.8 Å². The smallest absolute Gasteiger partial charge is 0.192 e. The lowest BCUT2D eigenvalue weighted by molar-refractivity contribution is -0.111. The summed E-state index contributed by atoms with van der Waals surface area (Å²) in [6.07, 6.45) is 12.9. The van der Waals surface area contributed by atoms with Crippen LogP contribution in [0.3, 0.4) is 0 Å². The minimum absolute atomic E-state index is 0.000231. The van der Waals surface area contributed by atoms with Crippen LogP contribution in [0.4, 0.5) is 0 Å².